The SMILES string of the molecule is O.O.P.[AlH3].[MgH2]. The Morgan fingerprint density at radius 3 is 0.800 bits per heavy atom. The summed E-state index contributed by atoms with van der Waals surface area (Å²) in [5, 5.41) is 0. The van der Waals surface area contributed by atoms with E-state index >= 15 is 0 Å². The van der Waals surface area contributed by atoms with Crippen LogP contribution in [0, 0.1) is 0 Å². The first kappa shape index (κ1) is 78.0. The molecule has 0 aliphatic heterocycles. The molecule has 1 unspecified atom stereocenters. The lowest BCUT2D eigenvalue weighted by atomic mass is 16.0. The van der Waals surface area contributed by atoms with Crippen molar-refractivity contribution in [3.8, 4) is 0 Å². The van der Waals surface area contributed by atoms with Crippen molar-refractivity contribution >= 4 is 50.3 Å². The minimum Gasteiger partial charge on any atom is -0.412 e. The number of hydrogen-bond acceptors (Lipinski definition) is 0. The van der Waals surface area contributed by atoms with Crippen molar-refractivity contribution in [2.24, 2.45) is 0 Å². The summed E-state index contributed by atoms with van der Waals surface area (Å²) in [5.74, 6) is 0. The molecule has 0 bridgehead atoms. The molecule has 5 heteroatoms. The van der Waals surface area contributed by atoms with E-state index in [9.17, 15) is 0 Å². The van der Waals surface area contributed by atoms with Crippen LogP contribution in [0.25, 0.3) is 0 Å². The van der Waals surface area contributed by atoms with E-state index in [1.54, 1.807) is 0 Å². The summed E-state index contributed by atoms with van der Waals surface area (Å²) in [6.45, 7) is 0. The highest BCUT2D eigenvalue weighted by Gasteiger charge is 0.316. The second-order valence-electron chi connectivity index (χ2n) is 0. The van der Waals surface area contributed by atoms with Crippen LogP contribution < -0.4 is 0 Å². The van der Waals surface area contributed by atoms with Gasteiger partial charge < -0.3 is 11.0 Å². The van der Waals surface area contributed by atoms with Crippen molar-refractivity contribution in [1.82, 2.24) is 0 Å². The second-order valence-corrected chi connectivity index (χ2v) is 0. The van der Waals surface area contributed by atoms with Gasteiger partial charge in [-0.3, -0.25) is 0 Å². The van der Waals surface area contributed by atoms with Crippen LogP contribution in [0.2, 0.25) is 0 Å². The maximum atomic E-state index is 0. The highest BCUT2D eigenvalue weighted by Crippen LogP contribution is 0.861. The van der Waals surface area contributed by atoms with Gasteiger partial charge in [0.2, 0.25) is 0 Å². The third kappa shape index (κ3) is 27.7. The van der Waals surface area contributed by atoms with E-state index in [0.717, 1.165) is 0 Å². The molecule has 0 aliphatic carbocycles. The van der Waals surface area contributed by atoms with Crippen LogP contribution in [0.1, 0.15) is 0 Å². The molecule has 0 radical (unpaired) electrons. The molecule has 0 fully saturated rings. The summed E-state index contributed by atoms with van der Waals surface area (Å²) in [7, 11) is 0. The van der Waals surface area contributed by atoms with E-state index in [0.29, 0.717) is 0 Å². The summed E-state index contributed by atoms with van der Waals surface area (Å²) in [5.41, 5.74) is 0. The fourth-order valence-corrected chi connectivity index (χ4v) is 0. The van der Waals surface area contributed by atoms with E-state index in [-0.39, 0.29) is 61.3 Å². The largest absolute Gasteiger partial charge is 0.412 e. The maximum Gasteiger partial charge on any atom is 0.316 e. The van der Waals surface area contributed by atoms with Crippen LogP contribution in [0.3, 0.4) is 0 Å². The van der Waals surface area contributed by atoms with Gasteiger partial charge in [0.15, 0.2) is 17.4 Å². The lowest BCUT2D eigenvalue weighted by Gasteiger charge is -0.413. The Kier molecular flexibility index (Phi) is 701. The van der Waals surface area contributed by atoms with Crippen LogP contribution in [0.15, 0.2) is 0 Å². The third-order valence-corrected chi connectivity index (χ3v) is 0. The Morgan fingerprint density at radius 1 is 0.800 bits per heavy atom. The lowest BCUT2D eigenvalue weighted by Crippen LogP contribution is -0.382. The Balaban J connectivity index is 0. The van der Waals surface area contributed by atoms with Gasteiger partial charge in [0.05, 0.1) is 0 Å². The van der Waals surface area contributed by atoms with Gasteiger partial charge in [0.1, 0.15) is 0 Å². The molecule has 0 aromatic rings. The number of rotatable bonds is 0. The van der Waals surface area contributed by atoms with Crippen molar-refractivity contribution in [1.29, 1.82) is 0 Å². The van der Waals surface area contributed by atoms with Crippen molar-refractivity contribution in [3.63, 3.8) is 0 Å². The number of hydrogen-bond donors (Lipinski definition) is 0. The highest BCUT2D eigenvalue weighted by atomic mass is 31.0. The third-order valence-electron chi connectivity index (χ3n) is 0. The van der Waals surface area contributed by atoms with E-state index in [2.05, 4.69) is 0 Å². The Bertz CT molecular complexity index is 9.61. The van der Waals surface area contributed by atoms with Gasteiger partial charge in [0, 0.05) is 0 Å². The topological polar surface area (TPSA) is 63.0 Å². The predicted octanol–water partition coefficient (Wildman–Crippen LogP) is -3.69. The van der Waals surface area contributed by atoms with Crippen molar-refractivity contribution in [3.05, 3.63) is 0 Å². The molecule has 0 rings (SSSR count). The molecule has 0 saturated carbocycles. The van der Waals surface area contributed by atoms with Crippen LogP contribution in [-0.2, 0) is 0 Å². The van der Waals surface area contributed by atoms with Gasteiger partial charge in [-0.25, -0.2) is 0 Å². The standard InChI is InChI=1S/Al.Mg.2H2O.H3P.5H/h;;2*1H2;1H3;;;;;. The first-order valence-electron chi connectivity index (χ1n) is 0. The molecule has 0 aromatic heterocycles. The van der Waals surface area contributed by atoms with Crippen LogP contribution >= 0.6 is 9.90 Å². The molecule has 0 aromatic carbocycles. The molecule has 0 aliphatic rings. The first-order valence-corrected chi connectivity index (χ1v) is 0. The zero-order valence-electron chi connectivity index (χ0n) is 1.71. The average Bonchev–Trinajstić information content (AvgIpc) is 0. The van der Waals surface area contributed by atoms with Gasteiger partial charge >= 0.3 is 23.1 Å². The fraction of sp³-hybridized carbons (Fsp3) is 0. The molecule has 2 nitrogen and oxygen atoms in total. The van der Waals surface area contributed by atoms with Gasteiger partial charge in [-0.1, -0.05) is 0 Å². The summed E-state index contributed by atoms with van der Waals surface area (Å²) < 4.78 is 0. The molecule has 0 amide bonds. The lowest BCUT2D eigenvalue weighted by molar-refractivity contribution is 0.823. The zero-order chi connectivity index (χ0) is 0. The molecule has 1 atom stereocenters. The van der Waals surface area contributed by atoms with Crippen molar-refractivity contribution in [2.45, 2.75) is 0 Å². The summed E-state index contributed by atoms with van der Waals surface area (Å²) in [4.78, 5) is 0. The van der Waals surface area contributed by atoms with Crippen molar-refractivity contribution in [2.75, 3.05) is 0 Å². The van der Waals surface area contributed by atoms with Gasteiger partial charge in [0.25, 0.3) is 0 Å². The van der Waals surface area contributed by atoms with E-state index < -0.39 is 0 Å². The Hall–Kier alpha value is 1.65. The van der Waals surface area contributed by atoms with Gasteiger partial charge in [-0.2, -0.15) is 9.90 Å². The molecular formula is H12AlMgO2P. The molecule has 4 N–H and O–H groups in total. The van der Waals surface area contributed by atoms with Crippen LogP contribution in [-0.4, -0.2) is 51.4 Å². The van der Waals surface area contributed by atoms with Crippen LogP contribution in [0.5, 0.6) is 0 Å². The molecule has 34 valence electrons. The van der Waals surface area contributed by atoms with E-state index in [4.69, 9.17) is 0 Å². The monoisotopic (exact) mass is 126 g/mol. The maximum absolute atomic E-state index is 0. The van der Waals surface area contributed by atoms with Gasteiger partial charge in [-0.15, -0.1) is 0 Å². The normalized spacial score (nSPS) is 0. The molecule has 0 spiro atoms. The Morgan fingerprint density at radius 2 is 0.800 bits per heavy atom. The van der Waals surface area contributed by atoms with E-state index in [1.165, 1.54) is 0 Å². The smallest absolute Gasteiger partial charge is 0.316 e. The fourth-order valence-electron chi connectivity index (χ4n) is 0. The first-order chi connectivity index (χ1) is 0. The minimum atomic E-state index is 0. The second kappa shape index (κ2) is 44.9. The van der Waals surface area contributed by atoms with Crippen LogP contribution in [0.4, 0.5) is 0 Å². The minimum absolute atomic E-state index is 0. The molecular weight excluding hydrogens is 114 g/mol. The van der Waals surface area contributed by atoms with Gasteiger partial charge in [-0.05, 0) is 0 Å². The molecule has 0 heterocycles. The molecule has 5 heavy (non-hydrogen) atoms. The van der Waals surface area contributed by atoms with Crippen molar-refractivity contribution < 1.29 is 11.0 Å². The highest BCUT2D eigenvalue weighted by molar-refractivity contribution is 6.92. The quantitative estimate of drug-likeness (QED) is 0.237. The summed E-state index contributed by atoms with van der Waals surface area (Å²) >= 11 is 0. The average molecular weight is 126 g/mol. The summed E-state index contributed by atoms with van der Waals surface area (Å²) in [6.07, 6.45) is 0. The molecule has 0 saturated heterocycles. The van der Waals surface area contributed by atoms with E-state index in [1.807, 2.05) is 0 Å². The predicted molar refractivity (Wildman–Crippen MR) is 36.8 cm³/mol. The zero-order valence-corrected chi connectivity index (χ0v) is 3.12. The Labute approximate surface area is 61.2 Å². The summed E-state index contributed by atoms with van der Waals surface area (Å²) in [6, 6.07) is 0.